The van der Waals surface area contributed by atoms with Crippen molar-refractivity contribution in [3.63, 3.8) is 0 Å². The molecule has 4 nitrogen and oxygen atoms in total. The monoisotopic (exact) mass is 236 g/mol. The molecular weight excluding hydrogens is 216 g/mol. The minimum atomic E-state index is 0.0157. The zero-order valence-corrected chi connectivity index (χ0v) is 10.6. The summed E-state index contributed by atoms with van der Waals surface area (Å²) < 4.78 is 0. The average molecular weight is 236 g/mol. The number of nitrogens with zero attached hydrogens (tertiary/aromatic N) is 1. The standard InChI is InChI=1S/C13H20N2O2/c1-10(2)14-8-13(17)15(3)9-11-6-4-5-7-12(11)16/h4-7,10,14,16H,8-9H2,1-3H3. The minimum absolute atomic E-state index is 0.0157. The SMILES string of the molecule is CC(C)NCC(=O)N(C)Cc1ccccc1O. The van der Waals surface area contributed by atoms with E-state index in [0.717, 1.165) is 5.56 Å². The fraction of sp³-hybridized carbons (Fsp3) is 0.462. The number of phenols is 1. The number of para-hydroxylation sites is 1. The van der Waals surface area contributed by atoms with Crippen LogP contribution in [-0.4, -0.2) is 35.5 Å². The van der Waals surface area contributed by atoms with Crippen LogP contribution in [0.25, 0.3) is 0 Å². The maximum atomic E-state index is 11.7. The van der Waals surface area contributed by atoms with Crippen molar-refractivity contribution in [2.24, 2.45) is 0 Å². The third kappa shape index (κ3) is 4.44. The van der Waals surface area contributed by atoms with Gasteiger partial charge in [0.25, 0.3) is 0 Å². The van der Waals surface area contributed by atoms with E-state index in [-0.39, 0.29) is 17.7 Å². The normalized spacial score (nSPS) is 10.6. The molecular formula is C13H20N2O2. The zero-order valence-electron chi connectivity index (χ0n) is 10.6. The summed E-state index contributed by atoms with van der Waals surface area (Å²) >= 11 is 0. The van der Waals surface area contributed by atoms with Crippen molar-refractivity contribution in [3.8, 4) is 5.75 Å². The molecule has 0 heterocycles. The molecule has 0 unspecified atom stereocenters. The average Bonchev–Trinajstić information content (AvgIpc) is 2.28. The Kier molecular flexibility index (Phi) is 4.97. The Morgan fingerprint density at radius 3 is 2.65 bits per heavy atom. The summed E-state index contributed by atoms with van der Waals surface area (Å²) in [4.78, 5) is 13.3. The first kappa shape index (κ1) is 13.5. The Bertz CT molecular complexity index is 377. The van der Waals surface area contributed by atoms with E-state index in [1.807, 2.05) is 26.0 Å². The molecule has 94 valence electrons. The molecule has 0 saturated heterocycles. The van der Waals surface area contributed by atoms with Gasteiger partial charge < -0.3 is 15.3 Å². The van der Waals surface area contributed by atoms with Crippen molar-refractivity contribution in [2.75, 3.05) is 13.6 Å². The first-order chi connectivity index (χ1) is 8.00. The molecule has 0 aliphatic carbocycles. The van der Waals surface area contributed by atoms with Crippen LogP contribution < -0.4 is 5.32 Å². The number of benzene rings is 1. The lowest BCUT2D eigenvalue weighted by Gasteiger charge is -2.19. The lowest BCUT2D eigenvalue weighted by Crippen LogP contribution is -2.37. The van der Waals surface area contributed by atoms with Gasteiger partial charge in [0.05, 0.1) is 6.54 Å². The van der Waals surface area contributed by atoms with E-state index in [2.05, 4.69) is 5.32 Å². The predicted octanol–water partition coefficient (Wildman–Crippen LogP) is 1.35. The molecule has 1 rings (SSSR count). The van der Waals surface area contributed by atoms with E-state index in [4.69, 9.17) is 0 Å². The number of hydrogen-bond acceptors (Lipinski definition) is 3. The Labute approximate surface area is 102 Å². The van der Waals surface area contributed by atoms with E-state index in [0.29, 0.717) is 13.1 Å². The highest BCUT2D eigenvalue weighted by atomic mass is 16.3. The second kappa shape index (κ2) is 6.25. The molecule has 1 amide bonds. The highest BCUT2D eigenvalue weighted by molar-refractivity contribution is 5.78. The van der Waals surface area contributed by atoms with Gasteiger partial charge in [-0.1, -0.05) is 32.0 Å². The summed E-state index contributed by atoms with van der Waals surface area (Å²) in [6.07, 6.45) is 0. The van der Waals surface area contributed by atoms with Crippen LogP contribution in [0.2, 0.25) is 0 Å². The number of rotatable bonds is 5. The van der Waals surface area contributed by atoms with Crippen molar-refractivity contribution in [1.29, 1.82) is 0 Å². The maximum absolute atomic E-state index is 11.7. The van der Waals surface area contributed by atoms with Crippen LogP contribution in [0.4, 0.5) is 0 Å². The van der Waals surface area contributed by atoms with Crippen molar-refractivity contribution in [3.05, 3.63) is 29.8 Å². The largest absolute Gasteiger partial charge is 0.508 e. The topological polar surface area (TPSA) is 52.6 Å². The van der Waals surface area contributed by atoms with Gasteiger partial charge in [0.2, 0.25) is 5.91 Å². The Balaban J connectivity index is 2.51. The van der Waals surface area contributed by atoms with Gasteiger partial charge in [-0.05, 0) is 6.07 Å². The number of carbonyl (C=O) groups is 1. The van der Waals surface area contributed by atoms with Gasteiger partial charge in [-0.3, -0.25) is 4.79 Å². The number of hydrogen-bond donors (Lipinski definition) is 2. The lowest BCUT2D eigenvalue weighted by atomic mass is 10.2. The molecule has 17 heavy (non-hydrogen) atoms. The van der Waals surface area contributed by atoms with Gasteiger partial charge >= 0.3 is 0 Å². The summed E-state index contributed by atoms with van der Waals surface area (Å²) in [5, 5.41) is 12.7. The number of aromatic hydroxyl groups is 1. The number of likely N-dealkylation sites (N-methyl/N-ethyl adjacent to an activating group) is 1. The molecule has 0 aromatic heterocycles. The van der Waals surface area contributed by atoms with Crippen LogP contribution in [0.3, 0.4) is 0 Å². The fourth-order valence-electron chi connectivity index (χ4n) is 1.41. The molecule has 0 aliphatic rings. The van der Waals surface area contributed by atoms with Crippen LogP contribution in [-0.2, 0) is 11.3 Å². The van der Waals surface area contributed by atoms with Crippen LogP contribution in [0.15, 0.2) is 24.3 Å². The third-order valence-corrected chi connectivity index (χ3v) is 2.49. The van der Waals surface area contributed by atoms with Crippen molar-refractivity contribution in [2.45, 2.75) is 26.4 Å². The van der Waals surface area contributed by atoms with E-state index < -0.39 is 0 Å². The Hall–Kier alpha value is -1.55. The molecule has 0 fully saturated rings. The van der Waals surface area contributed by atoms with Crippen LogP contribution >= 0.6 is 0 Å². The van der Waals surface area contributed by atoms with Gasteiger partial charge in [-0.2, -0.15) is 0 Å². The van der Waals surface area contributed by atoms with Crippen molar-refractivity contribution in [1.82, 2.24) is 10.2 Å². The molecule has 0 atom stereocenters. The van der Waals surface area contributed by atoms with Crippen molar-refractivity contribution >= 4 is 5.91 Å². The van der Waals surface area contributed by atoms with E-state index in [9.17, 15) is 9.90 Å². The second-order valence-corrected chi connectivity index (χ2v) is 4.41. The van der Waals surface area contributed by atoms with Gasteiger partial charge in [0, 0.05) is 25.2 Å². The first-order valence-electron chi connectivity index (χ1n) is 5.75. The highest BCUT2D eigenvalue weighted by Gasteiger charge is 2.11. The summed E-state index contributed by atoms with van der Waals surface area (Å²) in [6.45, 7) is 4.74. The Morgan fingerprint density at radius 1 is 1.41 bits per heavy atom. The molecule has 0 radical (unpaired) electrons. The number of phenolic OH excluding ortho intramolecular Hbond substituents is 1. The van der Waals surface area contributed by atoms with Crippen molar-refractivity contribution < 1.29 is 9.90 Å². The molecule has 1 aromatic rings. The lowest BCUT2D eigenvalue weighted by molar-refractivity contribution is -0.129. The zero-order chi connectivity index (χ0) is 12.8. The minimum Gasteiger partial charge on any atom is -0.508 e. The van der Waals surface area contributed by atoms with Gasteiger partial charge in [-0.15, -0.1) is 0 Å². The van der Waals surface area contributed by atoms with Gasteiger partial charge in [0.1, 0.15) is 5.75 Å². The number of carbonyl (C=O) groups excluding carboxylic acids is 1. The molecule has 1 aromatic carbocycles. The summed E-state index contributed by atoms with van der Waals surface area (Å²) in [6, 6.07) is 7.34. The maximum Gasteiger partial charge on any atom is 0.236 e. The van der Waals surface area contributed by atoms with Crippen LogP contribution in [0.1, 0.15) is 19.4 Å². The van der Waals surface area contributed by atoms with E-state index >= 15 is 0 Å². The smallest absolute Gasteiger partial charge is 0.236 e. The van der Waals surface area contributed by atoms with E-state index in [1.54, 1.807) is 24.1 Å². The molecule has 0 bridgehead atoms. The number of nitrogens with one attached hydrogen (secondary N) is 1. The molecule has 0 spiro atoms. The van der Waals surface area contributed by atoms with E-state index in [1.165, 1.54) is 0 Å². The first-order valence-corrected chi connectivity index (χ1v) is 5.75. The summed E-state index contributed by atoms with van der Waals surface area (Å²) in [7, 11) is 1.73. The fourth-order valence-corrected chi connectivity index (χ4v) is 1.41. The summed E-state index contributed by atoms with van der Waals surface area (Å²) in [5.74, 6) is 0.242. The van der Waals surface area contributed by atoms with Gasteiger partial charge in [-0.25, -0.2) is 0 Å². The van der Waals surface area contributed by atoms with Gasteiger partial charge in [0.15, 0.2) is 0 Å². The quantitative estimate of drug-likeness (QED) is 0.811. The Morgan fingerprint density at radius 2 is 2.06 bits per heavy atom. The molecule has 0 aliphatic heterocycles. The molecule has 0 saturated carbocycles. The van der Waals surface area contributed by atoms with Crippen LogP contribution in [0, 0.1) is 0 Å². The highest BCUT2D eigenvalue weighted by Crippen LogP contribution is 2.16. The molecule has 2 N–H and O–H groups in total. The number of amides is 1. The summed E-state index contributed by atoms with van der Waals surface area (Å²) in [5.41, 5.74) is 0.757. The second-order valence-electron chi connectivity index (χ2n) is 4.41. The molecule has 4 heteroatoms. The third-order valence-electron chi connectivity index (χ3n) is 2.49. The van der Waals surface area contributed by atoms with Crippen LogP contribution in [0.5, 0.6) is 5.75 Å². The predicted molar refractivity (Wildman–Crippen MR) is 67.7 cm³/mol.